The van der Waals surface area contributed by atoms with Crippen molar-refractivity contribution in [3.8, 4) is 0 Å². The van der Waals surface area contributed by atoms with Crippen LogP contribution in [0.1, 0.15) is 16.7 Å². The van der Waals surface area contributed by atoms with Gasteiger partial charge in [-0.15, -0.1) is 0 Å². The molecule has 0 bridgehead atoms. The van der Waals surface area contributed by atoms with Gasteiger partial charge in [0, 0.05) is 0 Å². The first-order valence-electron chi connectivity index (χ1n) is 10.5. The van der Waals surface area contributed by atoms with Crippen molar-refractivity contribution in [2.75, 3.05) is 12.9 Å². The third-order valence-electron chi connectivity index (χ3n) is 5.59. The summed E-state index contributed by atoms with van der Waals surface area (Å²) in [4.78, 5) is 0. The highest BCUT2D eigenvalue weighted by Gasteiger charge is 2.47. The van der Waals surface area contributed by atoms with E-state index in [9.17, 15) is 18.6 Å². The van der Waals surface area contributed by atoms with Gasteiger partial charge in [0.25, 0.3) is 10.1 Å². The number of hydrogen-bond acceptors (Lipinski definition) is 7. The Labute approximate surface area is 193 Å². The quantitative estimate of drug-likeness (QED) is 0.385. The molecule has 7 nitrogen and oxygen atoms in total. The van der Waals surface area contributed by atoms with E-state index in [4.69, 9.17) is 13.7 Å². The van der Waals surface area contributed by atoms with Gasteiger partial charge in [-0.25, -0.2) is 4.18 Å². The molecule has 0 radical (unpaired) electrons. The molecule has 0 aromatic heterocycles. The van der Waals surface area contributed by atoms with E-state index in [1.807, 2.05) is 91.0 Å². The van der Waals surface area contributed by atoms with Crippen LogP contribution in [0, 0.1) is 0 Å². The van der Waals surface area contributed by atoms with Crippen molar-refractivity contribution < 1.29 is 32.3 Å². The highest BCUT2D eigenvalue weighted by Crippen LogP contribution is 2.41. The maximum absolute atomic E-state index is 11.5. The summed E-state index contributed by atoms with van der Waals surface area (Å²) < 4.78 is 39.9. The van der Waals surface area contributed by atoms with Gasteiger partial charge in [-0.05, 0) is 16.7 Å². The number of aliphatic hydroxyl groups is 2. The third kappa shape index (κ3) is 5.01. The van der Waals surface area contributed by atoms with Crippen LogP contribution in [0.3, 0.4) is 0 Å². The molecule has 0 amide bonds. The zero-order valence-corrected chi connectivity index (χ0v) is 18.8. The lowest BCUT2D eigenvalue weighted by molar-refractivity contribution is -0.129. The molecule has 4 atom stereocenters. The Bertz CT molecular complexity index is 1040. The summed E-state index contributed by atoms with van der Waals surface area (Å²) in [6, 6.07) is 29.0. The van der Waals surface area contributed by atoms with Crippen molar-refractivity contribution in [3.63, 3.8) is 0 Å². The number of benzene rings is 3. The second kappa shape index (κ2) is 9.72. The summed E-state index contributed by atoms with van der Waals surface area (Å²) in [6.45, 7) is -0.138. The molecule has 8 heteroatoms. The molecule has 0 saturated carbocycles. The van der Waals surface area contributed by atoms with Gasteiger partial charge in [-0.2, -0.15) is 8.42 Å². The van der Waals surface area contributed by atoms with Crippen LogP contribution in [0.25, 0.3) is 0 Å². The maximum atomic E-state index is 11.5. The zero-order valence-electron chi connectivity index (χ0n) is 18.0. The minimum Gasteiger partial charge on any atom is -0.387 e. The van der Waals surface area contributed by atoms with Crippen LogP contribution in [0.15, 0.2) is 91.0 Å². The molecule has 4 rings (SSSR count). The molecular formula is C25H26O7S. The molecule has 1 heterocycles. The fraction of sp³-hybridized carbons (Fsp3) is 0.280. The minimum absolute atomic E-state index is 0.138. The Morgan fingerprint density at radius 3 is 1.61 bits per heavy atom. The van der Waals surface area contributed by atoms with Crippen LogP contribution in [-0.2, 0) is 29.4 Å². The Morgan fingerprint density at radius 1 is 0.788 bits per heavy atom. The molecule has 1 saturated heterocycles. The van der Waals surface area contributed by atoms with Crippen molar-refractivity contribution in [2.24, 2.45) is 0 Å². The minimum atomic E-state index is -3.90. The molecule has 3 aromatic carbocycles. The number of hydrogen-bond donors (Lipinski definition) is 2. The molecule has 174 valence electrons. The first-order valence-corrected chi connectivity index (χ1v) is 12.3. The second-order valence-electron chi connectivity index (χ2n) is 7.91. The van der Waals surface area contributed by atoms with E-state index in [2.05, 4.69) is 0 Å². The summed E-state index contributed by atoms with van der Waals surface area (Å²) >= 11 is 0. The van der Waals surface area contributed by atoms with E-state index < -0.39 is 40.3 Å². The molecule has 1 unspecified atom stereocenters. The zero-order chi connectivity index (χ0) is 23.5. The van der Waals surface area contributed by atoms with E-state index >= 15 is 0 Å². The Hall–Kier alpha value is -2.59. The SMILES string of the molecule is CS(=O)(=O)OC1O[C@H](COC(c2ccccc2)(c2ccccc2)c2ccccc2)[C@@H](O)[C@H]1O. The normalized spacial score (nSPS) is 23.5. The van der Waals surface area contributed by atoms with E-state index in [0.717, 1.165) is 22.9 Å². The number of aliphatic hydroxyl groups excluding tert-OH is 2. The second-order valence-corrected chi connectivity index (χ2v) is 9.52. The monoisotopic (exact) mass is 470 g/mol. The lowest BCUT2D eigenvalue weighted by atomic mass is 9.80. The molecule has 0 spiro atoms. The van der Waals surface area contributed by atoms with Gasteiger partial charge in [-0.3, -0.25) is 0 Å². The molecule has 1 aliphatic heterocycles. The molecule has 3 aromatic rings. The van der Waals surface area contributed by atoms with Gasteiger partial charge in [-0.1, -0.05) is 91.0 Å². The fourth-order valence-corrected chi connectivity index (χ4v) is 4.58. The fourth-order valence-electron chi connectivity index (χ4n) is 4.08. The van der Waals surface area contributed by atoms with Gasteiger partial charge in [0.05, 0.1) is 12.9 Å². The highest BCUT2D eigenvalue weighted by atomic mass is 32.2. The first-order chi connectivity index (χ1) is 15.8. The van der Waals surface area contributed by atoms with Crippen LogP contribution in [0.2, 0.25) is 0 Å². The van der Waals surface area contributed by atoms with Crippen molar-refractivity contribution >= 4 is 10.1 Å². The summed E-state index contributed by atoms with van der Waals surface area (Å²) in [5.74, 6) is 0. The number of rotatable bonds is 8. The highest BCUT2D eigenvalue weighted by molar-refractivity contribution is 7.86. The van der Waals surface area contributed by atoms with Crippen LogP contribution in [0.5, 0.6) is 0 Å². The topological polar surface area (TPSA) is 102 Å². The molecule has 33 heavy (non-hydrogen) atoms. The summed E-state index contributed by atoms with van der Waals surface area (Å²) in [5.41, 5.74) is 1.53. The van der Waals surface area contributed by atoms with E-state index in [1.54, 1.807) is 0 Å². The van der Waals surface area contributed by atoms with E-state index in [-0.39, 0.29) is 6.61 Å². The van der Waals surface area contributed by atoms with Gasteiger partial charge in [0.1, 0.15) is 23.9 Å². The van der Waals surface area contributed by atoms with Crippen LogP contribution in [0.4, 0.5) is 0 Å². The Balaban J connectivity index is 1.72. The van der Waals surface area contributed by atoms with Crippen molar-refractivity contribution in [1.29, 1.82) is 0 Å². The molecule has 0 aliphatic carbocycles. The first kappa shape index (κ1) is 23.6. The number of ether oxygens (including phenoxy) is 2. The maximum Gasteiger partial charge on any atom is 0.266 e. The van der Waals surface area contributed by atoms with Gasteiger partial charge in [0.2, 0.25) is 6.29 Å². The summed E-state index contributed by atoms with van der Waals surface area (Å²) in [5, 5.41) is 20.8. The van der Waals surface area contributed by atoms with E-state index in [1.165, 1.54) is 0 Å². The predicted molar refractivity (Wildman–Crippen MR) is 122 cm³/mol. The third-order valence-corrected chi connectivity index (χ3v) is 6.13. The standard InChI is InChI=1S/C25H26O7S/c1-33(28,29)32-24-23(27)22(26)21(31-24)17-30-25(18-11-5-2-6-12-18,19-13-7-3-8-14-19)20-15-9-4-10-16-20/h2-16,21-24,26-27H,17H2,1H3/t21-,22-,23-,24?/m1/s1. The lowest BCUT2D eigenvalue weighted by Gasteiger charge is -2.37. The van der Waals surface area contributed by atoms with E-state index in [0.29, 0.717) is 0 Å². The Morgan fingerprint density at radius 2 is 1.21 bits per heavy atom. The molecular weight excluding hydrogens is 444 g/mol. The predicted octanol–water partition coefficient (Wildman–Crippen LogP) is 2.42. The van der Waals surface area contributed by atoms with Gasteiger partial charge >= 0.3 is 0 Å². The van der Waals surface area contributed by atoms with Crippen molar-refractivity contribution in [2.45, 2.75) is 30.2 Å². The summed E-state index contributed by atoms with van der Waals surface area (Å²) in [6.07, 6.45) is -4.60. The molecule has 1 fully saturated rings. The van der Waals surface area contributed by atoms with Crippen molar-refractivity contribution in [1.82, 2.24) is 0 Å². The van der Waals surface area contributed by atoms with Crippen molar-refractivity contribution in [3.05, 3.63) is 108 Å². The Kier molecular flexibility index (Phi) is 6.94. The largest absolute Gasteiger partial charge is 0.387 e. The average molecular weight is 471 g/mol. The summed E-state index contributed by atoms with van der Waals surface area (Å²) in [7, 11) is -3.90. The van der Waals surface area contributed by atoms with Gasteiger partial charge < -0.3 is 19.7 Å². The van der Waals surface area contributed by atoms with Gasteiger partial charge in [0.15, 0.2) is 0 Å². The van der Waals surface area contributed by atoms with Crippen LogP contribution < -0.4 is 0 Å². The average Bonchev–Trinajstić information content (AvgIpc) is 3.08. The molecule has 2 N–H and O–H groups in total. The molecule has 1 aliphatic rings. The van der Waals surface area contributed by atoms with Crippen LogP contribution >= 0.6 is 0 Å². The lowest BCUT2D eigenvalue weighted by Crippen LogP contribution is -2.39. The van der Waals surface area contributed by atoms with Crippen LogP contribution in [-0.4, -0.2) is 56.1 Å². The smallest absolute Gasteiger partial charge is 0.266 e.